The molecular formula is C19H22ClNO2. The van der Waals surface area contributed by atoms with E-state index in [0.717, 1.165) is 12.1 Å². The number of carbonyl (C=O) groups is 1. The minimum atomic E-state index is -0.587. The van der Waals surface area contributed by atoms with Crippen molar-refractivity contribution in [1.82, 2.24) is 0 Å². The summed E-state index contributed by atoms with van der Waals surface area (Å²) < 4.78 is 5.61. The third-order valence-corrected chi connectivity index (χ3v) is 3.79. The monoisotopic (exact) mass is 331 g/mol. The number of amides is 1. The molecule has 0 fully saturated rings. The first-order chi connectivity index (χ1) is 11.1. The summed E-state index contributed by atoms with van der Waals surface area (Å²) in [5, 5.41) is 3.50. The fourth-order valence-corrected chi connectivity index (χ4v) is 2.28. The molecule has 4 heteroatoms. The summed E-state index contributed by atoms with van der Waals surface area (Å²) >= 11 is 5.83. The van der Waals surface area contributed by atoms with E-state index >= 15 is 0 Å². The second-order valence-corrected chi connectivity index (χ2v) is 5.94. The minimum Gasteiger partial charge on any atom is -0.481 e. The van der Waals surface area contributed by atoms with Gasteiger partial charge < -0.3 is 10.1 Å². The molecule has 0 spiro atoms. The van der Waals surface area contributed by atoms with Gasteiger partial charge in [-0.2, -0.15) is 0 Å². The van der Waals surface area contributed by atoms with Crippen LogP contribution in [0, 0.1) is 0 Å². The molecule has 0 aliphatic carbocycles. The summed E-state index contributed by atoms with van der Waals surface area (Å²) in [6.45, 7) is 3.90. The zero-order valence-corrected chi connectivity index (χ0v) is 14.3. The van der Waals surface area contributed by atoms with Crippen molar-refractivity contribution in [1.29, 1.82) is 0 Å². The molecule has 1 unspecified atom stereocenters. The minimum absolute atomic E-state index is 0.179. The van der Waals surface area contributed by atoms with E-state index < -0.39 is 6.10 Å². The first-order valence-corrected chi connectivity index (χ1v) is 8.28. The van der Waals surface area contributed by atoms with E-state index in [1.807, 2.05) is 12.1 Å². The Morgan fingerprint density at radius 3 is 2.39 bits per heavy atom. The lowest BCUT2D eigenvalue weighted by molar-refractivity contribution is -0.122. The molecule has 0 aromatic heterocycles. The molecule has 2 rings (SSSR count). The largest absolute Gasteiger partial charge is 0.481 e. The molecule has 0 saturated carbocycles. The van der Waals surface area contributed by atoms with Crippen molar-refractivity contribution in [3.63, 3.8) is 0 Å². The highest BCUT2D eigenvalue weighted by molar-refractivity contribution is 6.30. The molecular weight excluding hydrogens is 310 g/mol. The Bertz CT molecular complexity index is 623. The molecule has 2 aromatic rings. The predicted octanol–water partition coefficient (Wildman–Crippen LogP) is 5.09. The summed E-state index contributed by atoms with van der Waals surface area (Å²) in [5.41, 5.74) is 2.07. The van der Waals surface area contributed by atoms with Crippen LogP contribution in [-0.4, -0.2) is 12.0 Å². The van der Waals surface area contributed by atoms with Gasteiger partial charge in [-0.1, -0.05) is 37.1 Å². The SMILES string of the molecule is CCCCc1ccc(NC(=O)C(C)Oc2ccc(Cl)cc2)cc1. The third kappa shape index (κ3) is 5.61. The van der Waals surface area contributed by atoms with Crippen LogP contribution in [0.3, 0.4) is 0 Å². The molecule has 1 N–H and O–H groups in total. The van der Waals surface area contributed by atoms with Crippen molar-refractivity contribution in [3.8, 4) is 5.75 Å². The smallest absolute Gasteiger partial charge is 0.265 e. The molecule has 122 valence electrons. The van der Waals surface area contributed by atoms with Crippen LogP contribution in [0.4, 0.5) is 5.69 Å². The summed E-state index contributed by atoms with van der Waals surface area (Å²) in [6.07, 6.45) is 2.84. The van der Waals surface area contributed by atoms with Crippen LogP contribution in [0.1, 0.15) is 32.3 Å². The van der Waals surface area contributed by atoms with Gasteiger partial charge in [-0.05, 0) is 61.7 Å². The molecule has 0 radical (unpaired) electrons. The molecule has 1 amide bonds. The maximum Gasteiger partial charge on any atom is 0.265 e. The van der Waals surface area contributed by atoms with Gasteiger partial charge in [0.25, 0.3) is 5.91 Å². The first-order valence-electron chi connectivity index (χ1n) is 7.90. The number of ether oxygens (including phenoxy) is 1. The molecule has 1 atom stereocenters. The molecule has 23 heavy (non-hydrogen) atoms. The number of anilines is 1. The number of carbonyl (C=O) groups excluding carboxylic acids is 1. The van der Waals surface area contributed by atoms with Gasteiger partial charge in [0, 0.05) is 10.7 Å². The van der Waals surface area contributed by atoms with Gasteiger partial charge in [0.05, 0.1) is 0 Å². The quantitative estimate of drug-likeness (QED) is 0.767. The maximum absolute atomic E-state index is 12.2. The Morgan fingerprint density at radius 1 is 1.13 bits per heavy atom. The van der Waals surface area contributed by atoms with Gasteiger partial charge in [-0.3, -0.25) is 4.79 Å². The predicted molar refractivity (Wildman–Crippen MR) is 95.2 cm³/mol. The van der Waals surface area contributed by atoms with Crippen molar-refractivity contribution in [3.05, 3.63) is 59.1 Å². The number of unbranched alkanes of at least 4 members (excludes halogenated alkanes) is 1. The van der Waals surface area contributed by atoms with Crippen LogP contribution in [-0.2, 0) is 11.2 Å². The first kappa shape index (κ1) is 17.4. The normalized spacial score (nSPS) is 11.8. The summed E-state index contributed by atoms with van der Waals surface area (Å²) in [4.78, 5) is 12.2. The number of hydrogen-bond donors (Lipinski definition) is 1. The maximum atomic E-state index is 12.2. The van der Waals surface area contributed by atoms with Gasteiger partial charge >= 0.3 is 0 Å². The highest BCUT2D eigenvalue weighted by atomic mass is 35.5. The van der Waals surface area contributed by atoms with E-state index in [4.69, 9.17) is 16.3 Å². The number of halogens is 1. The molecule has 0 aliphatic rings. The lowest BCUT2D eigenvalue weighted by Gasteiger charge is -2.15. The number of hydrogen-bond acceptors (Lipinski definition) is 2. The van der Waals surface area contributed by atoms with Gasteiger partial charge in [0.15, 0.2) is 6.10 Å². The van der Waals surface area contributed by atoms with Crippen LogP contribution >= 0.6 is 11.6 Å². The van der Waals surface area contributed by atoms with Crippen molar-refractivity contribution in [2.24, 2.45) is 0 Å². The summed E-state index contributed by atoms with van der Waals surface area (Å²) in [5.74, 6) is 0.438. The summed E-state index contributed by atoms with van der Waals surface area (Å²) in [6, 6.07) is 14.9. The Balaban J connectivity index is 1.88. The van der Waals surface area contributed by atoms with E-state index in [-0.39, 0.29) is 5.91 Å². The Kier molecular flexibility index (Phi) is 6.48. The highest BCUT2D eigenvalue weighted by Gasteiger charge is 2.14. The van der Waals surface area contributed by atoms with Crippen molar-refractivity contribution < 1.29 is 9.53 Å². The Morgan fingerprint density at radius 2 is 1.78 bits per heavy atom. The molecule has 0 bridgehead atoms. The van der Waals surface area contributed by atoms with E-state index in [1.54, 1.807) is 31.2 Å². The number of nitrogens with one attached hydrogen (secondary N) is 1. The van der Waals surface area contributed by atoms with E-state index in [9.17, 15) is 4.79 Å². The van der Waals surface area contributed by atoms with Crippen molar-refractivity contribution in [2.45, 2.75) is 39.2 Å². The van der Waals surface area contributed by atoms with Crippen LogP contribution in [0.5, 0.6) is 5.75 Å². The third-order valence-electron chi connectivity index (χ3n) is 3.54. The molecule has 0 aliphatic heterocycles. The lowest BCUT2D eigenvalue weighted by Crippen LogP contribution is -2.30. The number of benzene rings is 2. The Hall–Kier alpha value is -2.00. The number of aryl methyl sites for hydroxylation is 1. The van der Waals surface area contributed by atoms with E-state index in [2.05, 4.69) is 24.4 Å². The fourth-order valence-electron chi connectivity index (χ4n) is 2.15. The highest BCUT2D eigenvalue weighted by Crippen LogP contribution is 2.18. The standard InChI is InChI=1S/C19H22ClNO2/c1-3-4-5-15-6-10-17(11-7-15)21-19(22)14(2)23-18-12-8-16(20)9-13-18/h6-14H,3-5H2,1-2H3,(H,21,22). The molecule has 0 heterocycles. The molecule has 0 saturated heterocycles. The second kappa shape index (κ2) is 8.59. The topological polar surface area (TPSA) is 38.3 Å². The summed E-state index contributed by atoms with van der Waals surface area (Å²) in [7, 11) is 0. The van der Waals surface area contributed by atoms with E-state index in [1.165, 1.54) is 18.4 Å². The fraction of sp³-hybridized carbons (Fsp3) is 0.316. The van der Waals surface area contributed by atoms with E-state index in [0.29, 0.717) is 10.8 Å². The zero-order valence-electron chi connectivity index (χ0n) is 13.5. The van der Waals surface area contributed by atoms with Crippen LogP contribution in [0.25, 0.3) is 0 Å². The average Bonchev–Trinajstić information content (AvgIpc) is 2.56. The Labute approximate surface area is 142 Å². The zero-order chi connectivity index (χ0) is 16.7. The molecule has 2 aromatic carbocycles. The van der Waals surface area contributed by atoms with Crippen molar-refractivity contribution in [2.75, 3.05) is 5.32 Å². The van der Waals surface area contributed by atoms with Gasteiger partial charge in [-0.15, -0.1) is 0 Å². The van der Waals surface area contributed by atoms with Crippen LogP contribution < -0.4 is 10.1 Å². The van der Waals surface area contributed by atoms with Crippen LogP contribution in [0.15, 0.2) is 48.5 Å². The van der Waals surface area contributed by atoms with Crippen LogP contribution in [0.2, 0.25) is 5.02 Å². The molecule has 3 nitrogen and oxygen atoms in total. The number of rotatable bonds is 7. The average molecular weight is 332 g/mol. The second-order valence-electron chi connectivity index (χ2n) is 5.50. The van der Waals surface area contributed by atoms with Gasteiger partial charge in [0.2, 0.25) is 0 Å². The van der Waals surface area contributed by atoms with Crippen molar-refractivity contribution >= 4 is 23.2 Å². The lowest BCUT2D eigenvalue weighted by atomic mass is 10.1. The van der Waals surface area contributed by atoms with Gasteiger partial charge in [0.1, 0.15) is 5.75 Å². The van der Waals surface area contributed by atoms with Gasteiger partial charge in [-0.25, -0.2) is 0 Å².